The first-order chi connectivity index (χ1) is 11.0. The topological polar surface area (TPSA) is 55.8 Å². The van der Waals surface area contributed by atoms with Crippen LogP contribution in [-0.2, 0) is 9.47 Å². The summed E-state index contributed by atoms with van der Waals surface area (Å²) in [7, 11) is 0. The average Bonchev–Trinajstić information content (AvgIpc) is 2.52. The van der Waals surface area contributed by atoms with Crippen molar-refractivity contribution in [3.8, 4) is 0 Å². The Bertz CT molecular complexity index is 521. The van der Waals surface area contributed by atoms with Gasteiger partial charge in [-0.1, -0.05) is 31.0 Å². The van der Waals surface area contributed by atoms with Crippen LogP contribution in [0.2, 0.25) is 5.02 Å². The standard InChI is InChI=1S/C17H24ClNO4/c1-4-8-15(12-19(5-2)17(21)22-6-3)23-16(20)13-9-7-10-14(18)11-13/h7,9-11,15H,4-6,8,12H2,1-3H3. The molecule has 0 bridgehead atoms. The fraction of sp³-hybridized carbons (Fsp3) is 0.529. The monoisotopic (exact) mass is 341 g/mol. The Kier molecular flexibility index (Phi) is 8.48. The summed E-state index contributed by atoms with van der Waals surface area (Å²) < 4.78 is 10.6. The third-order valence-electron chi connectivity index (χ3n) is 3.28. The third-order valence-corrected chi connectivity index (χ3v) is 3.51. The molecule has 0 aromatic heterocycles. The van der Waals surface area contributed by atoms with Gasteiger partial charge in [0.25, 0.3) is 0 Å². The summed E-state index contributed by atoms with van der Waals surface area (Å²) in [6.45, 7) is 6.74. The molecule has 0 aliphatic carbocycles. The molecule has 0 aliphatic heterocycles. The second-order valence-corrected chi connectivity index (χ2v) is 5.50. The maximum absolute atomic E-state index is 12.2. The van der Waals surface area contributed by atoms with Crippen LogP contribution < -0.4 is 0 Å². The van der Waals surface area contributed by atoms with E-state index in [9.17, 15) is 9.59 Å². The lowest BCUT2D eigenvalue weighted by molar-refractivity contribution is 0.0165. The number of ether oxygens (including phenoxy) is 2. The van der Waals surface area contributed by atoms with Crippen LogP contribution in [-0.4, -0.2) is 42.8 Å². The van der Waals surface area contributed by atoms with Gasteiger partial charge in [-0.2, -0.15) is 0 Å². The molecule has 1 rings (SSSR count). The van der Waals surface area contributed by atoms with Crippen LogP contribution >= 0.6 is 11.6 Å². The number of likely N-dealkylation sites (N-methyl/N-ethyl adjacent to an activating group) is 1. The molecule has 1 aromatic carbocycles. The van der Waals surface area contributed by atoms with Crippen molar-refractivity contribution in [1.29, 1.82) is 0 Å². The second kappa shape index (κ2) is 10.1. The summed E-state index contributed by atoms with van der Waals surface area (Å²) in [5.41, 5.74) is 0.401. The van der Waals surface area contributed by atoms with Gasteiger partial charge in [0, 0.05) is 11.6 Å². The van der Waals surface area contributed by atoms with Crippen LogP contribution in [0.15, 0.2) is 24.3 Å². The van der Waals surface area contributed by atoms with Crippen LogP contribution in [0.25, 0.3) is 0 Å². The van der Waals surface area contributed by atoms with Crippen molar-refractivity contribution >= 4 is 23.7 Å². The van der Waals surface area contributed by atoms with E-state index in [2.05, 4.69) is 0 Å². The van der Waals surface area contributed by atoms with Crippen molar-refractivity contribution < 1.29 is 19.1 Å². The van der Waals surface area contributed by atoms with Gasteiger partial charge in [0.15, 0.2) is 0 Å². The van der Waals surface area contributed by atoms with Crippen molar-refractivity contribution in [3.63, 3.8) is 0 Å². The summed E-state index contributed by atoms with van der Waals surface area (Å²) in [4.78, 5) is 25.6. The zero-order valence-corrected chi connectivity index (χ0v) is 14.6. The molecule has 0 heterocycles. The molecule has 1 aromatic rings. The molecule has 0 spiro atoms. The fourth-order valence-electron chi connectivity index (χ4n) is 2.14. The van der Waals surface area contributed by atoms with E-state index in [1.54, 1.807) is 31.2 Å². The zero-order chi connectivity index (χ0) is 17.2. The smallest absolute Gasteiger partial charge is 0.409 e. The maximum atomic E-state index is 12.2. The Morgan fingerprint density at radius 2 is 2.00 bits per heavy atom. The number of halogens is 1. The zero-order valence-electron chi connectivity index (χ0n) is 13.9. The van der Waals surface area contributed by atoms with Gasteiger partial charge in [-0.25, -0.2) is 9.59 Å². The number of esters is 1. The molecular weight excluding hydrogens is 318 g/mol. The number of carbonyl (C=O) groups excluding carboxylic acids is 2. The molecule has 0 saturated carbocycles. The average molecular weight is 342 g/mol. The van der Waals surface area contributed by atoms with Crippen molar-refractivity contribution in [2.75, 3.05) is 19.7 Å². The lowest BCUT2D eigenvalue weighted by Gasteiger charge is -2.25. The molecule has 0 aliphatic rings. The first-order valence-electron chi connectivity index (χ1n) is 7.90. The van der Waals surface area contributed by atoms with Gasteiger partial charge >= 0.3 is 12.1 Å². The molecule has 0 fully saturated rings. The predicted octanol–water partition coefficient (Wildman–Crippen LogP) is 4.14. The number of amides is 1. The van der Waals surface area contributed by atoms with Crippen LogP contribution in [0.3, 0.4) is 0 Å². The second-order valence-electron chi connectivity index (χ2n) is 5.06. The Hall–Kier alpha value is -1.75. The predicted molar refractivity (Wildman–Crippen MR) is 89.8 cm³/mol. The Morgan fingerprint density at radius 3 is 2.57 bits per heavy atom. The number of hydrogen-bond donors (Lipinski definition) is 0. The Balaban J connectivity index is 2.73. The molecule has 0 N–H and O–H groups in total. The molecule has 6 heteroatoms. The van der Waals surface area contributed by atoms with Crippen molar-refractivity contribution in [2.45, 2.75) is 39.7 Å². The van der Waals surface area contributed by atoms with E-state index in [1.807, 2.05) is 13.8 Å². The van der Waals surface area contributed by atoms with E-state index >= 15 is 0 Å². The number of carbonyl (C=O) groups is 2. The van der Waals surface area contributed by atoms with E-state index < -0.39 is 12.1 Å². The highest BCUT2D eigenvalue weighted by Gasteiger charge is 2.22. The Morgan fingerprint density at radius 1 is 1.26 bits per heavy atom. The van der Waals surface area contributed by atoms with E-state index in [0.29, 0.717) is 36.7 Å². The van der Waals surface area contributed by atoms with Gasteiger partial charge < -0.3 is 14.4 Å². The minimum absolute atomic E-state index is 0.315. The van der Waals surface area contributed by atoms with Crippen LogP contribution in [0.1, 0.15) is 44.0 Å². The summed E-state index contributed by atoms with van der Waals surface area (Å²) in [5.74, 6) is -0.439. The minimum atomic E-state index is -0.439. The highest BCUT2D eigenvalue weighted by molar-refractivity contribution is 6.30. The lowest BCUT2D eigenvalue weighted by Crippen LogP contribution is -2.39. The van der Waals surface area contributed by atoms with Gasteiger partial charge in [0.1, 0.15) is 6.10 Å². The molecule has 5 nitrogen and oxygen atoms in total. The van der Waals surface area contributed by atoms with E-state index in [0.717, 1.165) is 6.42 Å². The summed E-state index contributed by atoms with van der Waals surface area (Å²) in [6, 6.07) is 6.61. The summed E-state index contributed by atoms with van der Waals surface area (Å²) in [6.07, 6.45) is 0.738. The van der Waals surface area contributed by atoms with Gasteiger partial charge in [-0.3, -0.25) is 0 Å². The molecule has 23 heavy (non-hydrogen) atoms. The van der Waals surface area contributed by atoms with Crippen molar-refractivity contribution in [2.24, 2.45) is 0 Å². The van der Waals surface area contributed by atoms with Gasteiger partial charge in [0.2, 0.25) is 0 Å². The molecular formula is C17H24ClNO4. The number of rotatable bonds is 8. The number of benzene rings is 1. The largest absolute Gasteiger partial charge is 0.457 e. The molecule has 128 valence electrons. The van der Waals surface area contributed by atoms with Crippen LogP contribution in [0, 0.1) is 0 Å². The number of nitrogens with zero attached hydrogens (tertiary/aromatic N) is 1. The van der Waals surface area contributed by atoms with Gasteiger partial charge in [-0.05, 0) is 38.5 Å². The lowest BCUT2D eigenvalue weighted by atomic mass is 10.2. The van der Waals surface area contributed by atoms with Crippen LogP contribution in [0.4, 0.5) is 4.79 Å². The first-order valence-corrected chi connectivity index (χ1v) is 8.27. The quantitative estimate of drug-likeness (QED) is 0.667. The molecule has 0 saturated heterocycles. The highest BCUT2D eigenvalue weighted by Crippen LogP contribution is 2.14. The minimum Gasteiger partial charge on any atom is -0.457 e. The molecule has 1 amide bonds. The Labute approximate surface area is 142 Å². The summed E-state index contributed by atoms with van der Waals surface area (Å²) >= 11 is 5.89. The van der Waals surface area contributed by atoms with Gasteiger partial charge in [-0.15, -0.1) is 0 Å². The summed E-state index contributed by atoms with van der Waals surface area (Å²) in [5, 5.41) is 0.480. The molecule has 1 unspecified atom stereocenters. The fourth-order valence-corrected chi connectivity index (χ4v) is 2.33. The normalized spacial score (nSPS) is 11.7. The van der Waals surface area contributed by atoms with Crippen molar-refractivity contribution in [1.82, 2.24) is 4.90 Å². The van der Waals surface area contributed by atoms with E-state index in [4.69, 9.17) is 21.1 Å². The molecule has 1 atom stereocenters. The number of hydrogen-bond acceptors (Lipinski definition) is 4. The van der Waals surface area contributed by atoms with Gasteiger partial charge in [0.05, 0.1) is 18.7 Å². The van der Waals surface area contributed by atoms with E-state index in [1.165, 1.54) is 4.90 Å². The molecule has 0 radical (unpaired) electrons. The maximum Gasteiger partial charge on any atom is 0.409 e. The SMILES string of the molecule is CCCC(CN(CC)C(=O)OCC)OC(=O)c1cccc(Cl)c1. The van der Waals surface area contributed by atoms with E-state index in [-0.39, 0.29) is 6.10 Å². The first kappa shape index (κ1) is 19.3. The van der Waals surface area contributed by atoms with Crippen molar-refractivity contribution in [3.05, 3.63) is 34.9 Å². The van der Waals surface area contributed by atoms with Crippen LogP contribution in [0.5, 0.6) is 0 Å². The highest BCUT2D eigenvalue weighted by atomic mass is 35.5. The third kappa shape index (κ3) is 6.48.